The number of nitriles is 1. The first-order valence-electron chi connectivity index (χ1n) is 7.61. The van der Waals surface area contributed by atoms with Gasteiger partial charge < -0.3 is 4.57 Å². The molecule has 0 atom stereocenters. The lowest BCUT2D eigenvalue weighted by Crippen LogP contribution is -2.11. The van der Waals surface area contributed by atoms with E-state index in [1.807, 2.05) is 16.7 Å². The Morgan fingerprint density at radius 3 is 2.44 bits per heavy atom. The molecule has 0 bridgehead atoms. The van der Waals surface area contributed by atoms with Crippen LogP contribution in [0.3, 0.4) is 0 Å². The molecule has 0 aliphatic heterocycles. The maximum Gasteiger partial charge on any atom is 0.416 e. The Hall–Kier alpha value is -3.07. The first-order chi connectivity index (χ1) is 12.0. The quantitative estimate of drug-likeness (QED) is 0.705. The Morgan fingerprint density at radius 2 is 1.76 bits per heavy atom. The van der Waals surface area contributed by atoms with Crippen molar-refractivity contribution in [2.45, 2.75) is 19.1 Å². The third kappa shape index (κ3) is 3.89. The molecule has 3 aromatic rings. The van der Waals surface area contributed by atoms with E-state index in [2.05, 4.69) is 11.1 Å². The lowest BCUT2D eigenvalue weighted by atomic mass is 10.0. The summed E-state index contributed by atoms with van der Waals surface area (Å²) in [5.74, 6) is 0.557. The minimum Gasteiger partial charge on any atom is -0.330 e. The van der Waals surface area contributed by atoms with Crippen molar-refractivity contribution in [3.8, 4) is 6.07 Å². The molecule has 0 saturated heterocycles. The first-order valence-corrected chi connectivity index (χ1v) is 7.61. The minimum absolute atomic E-state index is 0.0962. The molecule has 0 spiro atoms. The van der Waals surface area contributed by atoms with Gasteiger partial charge in [0.2, 0.25) is 0 Å². The van der Waals surface area contributed by atoms with E-state index in [0.29, 0.717) is 17.9 Å². The van der Waals surface area contributed by atoms with E-state index in [1.165, 1.54) is 12.1 Å². The molecule has 0 N–H and O–H groups in total. The van der Waals surface area contributed by atoms with Crippen molar-refractivity contribution < 1.29 is 13.2 Å². The largest absolute Gasteiger partial charge is 0.416 e. The maximum atomic E-state index is 13.1. The summed E-state index contributed by atoms with van der Waals surface area (Å²) in [6, 6.07) is 14.7. The van der Waals surface area contributed by atoms with Gasteiger partial charge in [-0.25, -0.2) is 4.98 Å². The highest BCUT2D eigenvalue weighted by atomic mass is 19.4. The maximum absolute atomic E-state index is 13.1. The van der Waals surface area contributed by atoms with Crippen LogP contribution in [0.4, 0.5) is 13.2 Å². The Bertz CT molecular complexity index is 903. The normalized spacial score (nSPS) is 11.3. The van der Waals surface area contributed by atoms with Crippen LogP contribution in [0.5, 0.6) is 0 Å². The van der Waals surface area contributed by atoms with Gasteiger partial charge in [0.05, 0.1) is 17.2 Å². The Balaban J connectivity index is 1.84. The summed E-state index contributed by atoms with van der Waals surface area (Å²) in [7, 11) is 0. The molecule has 1 heterocycles. The highest BCUT2D eigenvalue weighted by Gasteiger charge is 2.33. The molecule has 0 fully saturated rings. The van der Waals surface area contributed by atoms with Gasteiger partial charge in [0.15, 0.2) is 0 Å². The van der Waals surface area contributed by atoms with E-state index in [-0.39, 0.29) is 12.0 Å². The molecule has 6 heteroatoms. The zero-order chi connectivity index (χ0) is 17.9. The van der Waals surface area contributed by atoms with Crippen molar-refractivity contribution >= 4 is 0 Å². The molecule has 0 aliphatic rings. The number of hydrogen-bond donors (Lipinski definition) is 0. The Labute approximate surface area is 143 Å². The molecule has 0 amide bonds. The lowest BCUT2D eigenvalue weighted by Gasteiger charge is -2.13. The van der Waals surface area contributed by atoms with Gasteiger partial charge in [-0.3, -0.25) is 0 Å². The van der Waals surface area contributed by atoms with E-state index in [0.717, 1.165) is 11.6 Å². The van der Waals surface area contributed by atoms with E-state index < -0.39 is 11.7 Å². The topological polar surface area (TPSA) is 41.6 Å². The van der Waals surface area contributed by atoms with E-state index in [1.54, 1.807) is 30.6 Å². The minimum atomic E-state index is -4.39. The number of rotatable bonds is 4. The number of nitrogens with zero attached hydrogens (tertiary/aromatic N) is 3. The number of halogens is 3. The molecule has 0 radical (unpaired) electrons. The molecule has 0 unspecified atom stereocenters. The van der Waals surface area contributed by atoms with Crippen molar-refractivity contribution in [1.82, 2.24) is 9.55 Å². The van der Waals surface area contributed by atoms with Crippen molar-refractivity contribution in [3.05, 3.63) is 89.0 Å². The smallest absolute Gasteiger partial charge is 0.330 e. The molecule has 2 aromatic carbocycles. The fourth-order valence-electron chi connectivity index (χ4n) is 2.65. The van der Waals surface area contributed by atoms with E-state index >= 15 is 0 Å². The number of hydrogen-bond acceptors (Lipinski definition) is 2. The molecular weight excluding hydrogens is 327 g/mol. The van der Waals surface area contributed by atoms with Crippen LogP contribution in [0.2, 0.25) is 0 Å². The van der Waals surface area contributed by atoms with Crippen molar-refractivity contribution in [2.24, 2.45) is 0 Å². The summed E-state index contributed by atoms with van der Waals surface area (Å²) in [6.45, 7) is 0.481. The number of alkyl halides is 3. The van der Waals surface area contributed by atoms with Crippen molar-refractivity contribution in [1.29, 1.82) is 5.26 Å². The fourth-order valence-corrected chi connectivity index (χ4v) is 2.65. The Kier molecular flexibility index (Phi) is 4.57. The average Bonchev–Trinajstić information content (AvgIpc) is 3.02. The van der Waals surface area contributed by atoms with Gasteiger partial charge in [-0.05, 0) is 29.3 Å². The summed E-state index contributed by atoms with van der Waals surface area (Å²) in [6.07, 6.45) is -0.973. The predicted octanol–water partition coefficient (Wildman–Crippen LogP) is 4.41. The molecule has 0 aliphatic carbocycles. The van der Waals surface area contributed by atoms with Crippen LogP contribution in [0.15, 0.2) is 60.9 Å². The zero-order valence-electron chi connectivity index (χ0n) is 13.2. The molecule has 126 valence electrons. The monoisotopic (exact) mass is 341 g/mol. The fraction of sp³-hybridized carbons (Fsp3) is 0.158. The second-order valence-corrected chi connectivity index (χ2v) is 5.61. The van der Waals surface area contributed by atoms with Crippen LogP contribution in [-0.4, -0.2) is 9.55 Å². The average molecular weight is 341 g/mol. The number of imidazole rings is 1. The van der Waals surface area contributed by atoms with Gasteiger partial charge in [-0.2, -0.15) is 18.4 Å². The Morgan fingerprint density at radius 1 is 1.04 bits per heavy atom. The van der Waals surface area contributed by atoms with Crippen LogP contribution in [0.25, 0.3) is 0 Å². The van der Waals surface area contributed by atoms with E-state index in [4.69, 9.17) is 5.26 Å². The summed E-state index contributed by atoms with van der Waals surface area (Å²) >= 11 is 0. The SMILES string of the molecule is N#Cc1ccc(Cn2ccnc2Cc2ccccc2C(F)(F)F)cc1. The predicted molar refractivity (Wildman–Crippen MR) is 86.7 cm³/mol. The van der Waals surface area contributed by atoms with Crippen molar-refractivity contribution in [3.63, 3.8) is 0 Å². The summed E-state index contributed by atoms with van der Waals surface area (Å²) < 4.78 is 41.2. The molecule has 1 aromatic heterocycles. The second kappa shape index (κ2) is 6.81. The standard InChI is InChI=1S/C19H14F3N3/c20-19(21,22)17-4-2-1-3-16(17)11-18-24-9-10-25(18)13-15-7-5-14(12-23)6-8-15/h1-10H,11,13H2. The summed E-state index contributed by atoms with van der Waals surface area (Å²) in [4.78, 5) is 4.21. The van der Waals surface area contributed by atoms with Gasteiger partial charge in [0.1, 0.15) is 5.82 Å². The van der Waals surface area contributed by atoms with E-state index in [9.17, 15) is 13.2 Å². The van der Waals surface area contributed by atoms with Crippen LogP contribution < -0.4 is 0 Å². The van der Waals surface area contributed by atoms with Crippen LogP contribution in [0.1, 0.15) is 28.1 Å². The van der Waals surface area contributed by atoms with Gasteiger partial charge in [0, 0.05) is 25.4 Å². The second-order valence-electron chi connectivity index (χ2n) is 5.61. The van der Waals surface area contributed by atoms with Gasteiger partial charge >= 0.3 is 6.18 Å². The zero-order valence-corrected chi connectivity index (χ0v) is 13.2. The number of benzene rings is 2. The molecule has 25 heavy (non-hydrogen) atoms. The van der Waals surface area contributed by atoms with Gasteiger partial charge in [0.25, 0.3) is 0 Å². The molecule has 3 rings (SSSR count). The highest BCUT2D eigenvalue weighted by molar-refractivity contribution is 5.33. The molecular formula is C19H14F3N3. The first kappa shape index (κ1) is 16.8. The molecule has 0 saturated carbocycles. The van der Waals surface area contributed by atoms with Gasteiger partial charge in [-0.1, -0.05) is 30.3 Å². The van der Waals surface area contributed by atoms with Crippen LogP contribution in [-0.2, 0) is 19.1 Å². The van der Waals surface area contributed by atoms with Crippen molar-refractivity contribution in [2.75, 3.05) is 0 Å². The highest BCUT2D eigenvalue weighted by Crippen LogP contribution is 2.32. The summed E-state index contributed by atoms with van der Waals surface area (Å²) in [5, 5.41) is 8.83. The summed E-state index contributed by atoms with van der Waals surface area (Å²) in [5.41, 5.74) is 1.07. The number of aromatic nitrogens is 2. The third-order valence-electron chi connectivity index (χ3n) is 3.91. The van der Waals surface area contributed by atoms with Gasteiger partial charge in [-0.15, -0.1) is 0 Å². The third-order valence-corrected chi connectivity index (χ3v) is 3.91. The van der Waals surface area contributed by atoms with Crippen LogP contribution >= 0.6 is 0 Å². The van der Waals surface area contributed by atoms with Crippen LogP contribution in [0, 0.1) is 11.3 Å². The molecule has 3 nitrogen and oxygen atoms in total. The lowest BCUT2D eigenvalue weighted by molar-refractivity contribution is -0.138.